The third-order valence-corrected chi connectivity index (χ3v) is 6.22. The molecule has 0 spiro atoms. The van der Waals surface area contributed by atoms with E-state index in [0.717, 1.165) is 5.56 Å². The van der Waals surface area contributed by atoms with Crippen LogP contribution < -0.4 is 10.1 Å². The van der Waals surface area contributed by atoms with Gasteiger partial charge in [0.15, 0.2) is 10.9 Å². The number of anilines is 1. The van der Waals surface area contributed by atoms with Crippen LogP contribution in [0.25, 0.3) is 11.3 Å². The quantitative estimate of drug-likeness (QED) is 0.648. The van der Waals surface area contributed by atoms with Crippen LogP contribution in [0.4, 0.5) is 5.13 Å². The van der Waals surface area contributed by atoms with Crippen molar-refractivity contribution in [2.75, 3.05) is 26.5 Å². The summed E-state index contributed by atoms with van der Waals surface area (Å²) in [4.78, 5) is 31.6. The minimum Gasteiger partial charge on any atom is -0.497 e. The summed E-state index contributed by atoms with van der Waals surface area (Å²) in [5, 5.41) is 7.43. The van der Waals surface area contributed by atoms with Gasteiger partial charge in [0.1, 0.15) is 10.6 Å². The number of nitrogens with one attached hydrogen (secondary N) is 1. The first-order chi connectivity index (χ1) is 14.3. The first-order valence-electron chi connectivity index (χ1n) is 9.46. The highest BCUT2D eigenvalue weighted by Crippen LogP contribution is 2.49. The van der Waals surface area contributed by atoms with E-state index in [0.29, 0.717) is 45.7 Å². The maximum atomic E-state index is 13.0. The van der Waals surface area contributed by atoms with E-state index in [4.69, 9.17) is 9.26 Å². The number of methoxy groups -OCH3 is 1. The lowest BCUT2D eigenvalue weighted by molar-refractivity contribution is -0.118. The fourth-order valence-corrected chi connectivity index (χ4v) is 4.19. The van der Waals surface area contributed by atoms with Gasteiger partial charge in [0.25, 0.3) is 5.91 Å². The number of hydrogen-bond acceptors (Lipinski definition) is 7. The Labute approximate surface area is 177 Å². The lowest BCUT2D eigenvalue weighted by Crippen LogP contribution is -2.28. The second kappa shape index (κ2) is 7.56. The molecule has 0 bridgehead atoms. The molecule has 1 aromatic carbocycles. The highest BCUT2D eigenvalue weighted by molar-refractivity contribution is 7.17. The predicted octanol–water partition coefficient (Wildman–Crippen LogP) is 3.49. The lowest BCUT2D eigenvalue weighted by atomic mass is 10.0. The van der Waals surface area contributed by atoms with E-state index in [1.807, 2.05) is 24.3 Å². The molecule has 1 fully saturated rings. The highest BCUT2D eigenvalue weighted by atomic mass is 32.1. The smallest absolute Gasteiger partial charge is 0.265 e. The van der Waals surface area contributed by atoms with Crippen molar-refractivity contribution in [2.45, 2.75) is 25.2 Å². The molecular formula is C21H22N4O4S. The minimum atomic E-state index is -0.730. The Morgan fingerprint density at radius 2 is 2.03 bits per heavy atom. The van der Waals surface area contributed by atoms with Crippen LogP contribution in [-0.2, 0) is 10.2 Å². The van der Waals surface area contributed by atoms with Gasteiger partial charge in [-0.2, -0.15) is 0 Å². The number of carbonyl (C=O) groups excluding carboxylic acids is 2. The SMILES string of the molecule is COc1cccc(-c2cc(C3(C(=O)Nc4nc(C)c(C(=O)N(C)C)s4)CC3)no2)c1. The number of hydrogen-bond donors (Lipinski definition) is 1. The Morgan fingerprint density at radius 1 is 1.27 bits per heavy atom. The molecule has 1 saturated carbocycles. The summed E-state index contributed by atoms with van der Waals surface area (Å²) < 4.78 is 10.8. The summed E-state index contributed by atoms with van der Waals surface area (Å²) in [6.45, 7) is 1.76. The Morgan fingerprint density at radius 3 is 2.70 bits per heavy atom. The molecule has 30 heavy (non-hydrogen) atoms. The number of nitrogens with zero attached hydrogens (tertiary/aromatic N) is 3. The number of aromatic nitrogens is 2. The number of ether oxygens (including phenoxy) is 1. The van der Waals surface area contributed by atoms with Gasteiger partial charge in [-0.15, -0.1) is 0 Å². The van der Waals surface area contributed by atoms with Gasteiger partial charge in [-0.05, 0) is 31.9 Å². The van der Waals surface area contributed by atoms with Crippen LogP contribution in [0.1, 0.15) is 33.9 Å². The standard InChI is InChI=1S/C21H22N4O4S/c1-12-17(18(26)25(2)3)30-20(22-12)23-19(27)21(8-9-21)16-11-15(29-24-16)13-6-5-7-14(10-13)28-4/h5-7,10-11H,8-9H2,1-4H3,(H,22,23,27). The lowest BCUT2D eigenvalue weighted by Gasteiger charge is -2.10. The Balaban J connectivity index is 1.54. The number of amides is 2. The Kier molecular flexibility index (Phi) is 5.07. The van der Waals surface area contributed by atoms with Crippen molar-refractivity contribution in [1.82, 2.24) is 15.0 Å². The third kappa shape index (κ3) is 3.56. The van der Waals surface area contributed by atoms with Crippen molar-refractivity contribution in [3.05, 3.63) is 46.6 Å². The molecule has 2 aromatic heterocycles. The molecule has 0 saturated heterocycles. The van der Waals surface area contributed by atoms with Crippen LogP contribution in [0.2, 0.25) is 0 Å². The van der Waals surface area contributed by atoms with Crippen molar-refractivity contribution in [3.63, 3.8) is 0 Å². The Bertz CT molecular complexity index is 1110. The molecule has 1 aliphatic rings. The summed E-state index contributed by atoms with van der Waals surface area (Å²) >= 11 is 1.18. The summed E-state index contributed by atoms with van der Waals surface area (Å²) in [6.07, 6.45) is 1.35. The average molecular weight is 426 g/mol. The first kappa shape index (κ1) is 20.1. The van der Waals surface area contributed by atoms with Crippen LogP contribution in [0.5, 0.6) is 5.75 Å². The summed E-state index contributed by atoms with van der Waals surface area (Å²) in [5.41, 5.74) is 1.29. The van der Waals surface area contributed by atoms with Gasteiger partial charge >= 0.3 is 0 Å². The molecule has 1 aliphatic carbocycles. The zero-order valence-corrected chi connectivity index (χ0v) is 18.0. The fraction of sp³-hybridized carbons (Fsp3) is 0.333. The topological polar surface area (TPSA) is 97.6 Å². The van der Waals surface area contributed by atoms with Crippen molar-refractivity contribution in [1.29, 1.82) is 0 Å². The average Bonchev–Trinajstić information content (AvgIpc) is 3.25. The van der Waals surface area contributed by atoms with E-state index in [1.54, 1.807) is 34.2 Å². The van der Waals surface area contributed by atoms with Gasteiger partial charge in [-0.3, -0.25) is 9.59 Å². The van der Waals surface area contributed by atoms with Gasteiger partial charge in [-0.25, -0.2) is 4.98 Å². The van der Waals surface area contributed by atoms with Gasteiger partial charge in [0.05, 0.1) is 23.9 Å². The largest absolute Gasteiger partial charge is 0.497 e. The monoisotopic (exact) mass is 426 g/mol. The highest BCUT2D eigenvalue weighted by Gasteiger charge is 2.54. The van der Waals surface area contributed by atoms with Gasteiger partial charge in [0.2, 0.25) is 5.91 Å². The molecule has 0 radical (unpaired) electrons. The first-order valence-corrected chi connectivity index (χ1v) is 10.3. The molecule has 1 N–H and O–H groups in total. The second-order valence-corrected chi connectivity index (χ2v) is 8.48. The number of aryl methyl sites for hydroxylation is 1. The van der Waals surface area contributed by atoms with Gasteiger partial charge < -0.3 is 19.5 Å². The second-order valence-electron chi connectivity index (χ2n) is 7.48. The molecule has 9 heteroatoms. The maximum absolute atomic E-state index is 13.0. The maximum Gasteiger partial charge on any atom is 0.265 e. The zero-order chi connectivity index (χ0) is 21.5. The van der Waals surface area contributed by atoms with E-state index in [1.165, 1.54) is 16.2 Å². The normalized spacial score (nSPS) is 14.3. The van der Waals surface area contributed by atoms with Crippen LogP contribution in [-0.4, -0.2) is 48.1 Å². The van der Waals surface area contributed by atoms with Crippen LogP contribution in [0.3, 0.4) is 0 Å². The van der Waals surface area contributed by atoms with E-state index >= 15 is 0 Å². The molecule has 156 valence electrons. The molecule has 8 nitrogen and oxygen atoms in total. The van der Waals surface area contributed by atoms with E-state index < -0.39 is 5.41 Å². The van der Waals surface area contributed by atoms with E-state index in [9.17, 15) is 9.59 Å². The Hall–Kier alpha value is -3.20. The molecule has 0 atom stereocenters. The predicted molar refractivity (Wildman–Crippen MR) is 113 cm³/mol. The van der Waals surface area contributed by atoms with Crippen molar-refractivity contribution < 1.29 is 18.8 Å². The summed E-state index contributed by atoms with van der Waals surface area (Å²) in [7, 11) is 4.97. The van der Waals surface area contributed by atoms with Crippen LogP contribution >= 0.6 is 11.3 Å². The van der Waals surface area contributed by atoms with Crippen molar-refractivity contribution in [2.24, 2.45) is 0 Å². The fourth-order valence-electron chi connectivity index (χ4n) is 3.21. The minimum absolute atomic E-state index is 0.133. The third-order valence-electron chi connectivity index (χ3n) is 5.16. The zero-order valence-electron chi connectivity index (χ0n) is 17.2. The summed E-state index contributed by atoms with van der Waals surface area (Å²) in [6, 6.07) is 9.27. The van der Waals surface area contributed by atoms with Crippen molar-refractivity contribution in [3.8, 4) is 17.1 Å². The molecule has 4 rings (SSSR count). The van der Waals surface area contributed by atoms with E-state index in [-0.39, 0.29) is 11.8 Å². The molecule has 0 aliphatic heterocycles. The van der Waals surface area contributed by atoms with Gasteiger partial charge in [-0.1, -0.05) is 28.6 Å². The number of thiazole rings is 1. The molecule has 2 heterocycles. The molecular weight excluding hydrogens is 404 g/mol. The molecule has 0 unspecified atom stereocenters. The van der Waals surface area contributed by atoms with Crippen molar-refractivity contribution >= 4 is 28.3 Å². The number of benzene rings is 1. The number of rotatable bonds is 6. The van der Waals surface area contributed by atoms with Gasteiger partial charge in [0, 0.05) is 25.7 Å². The van der Waals surface area contributed by atoms with Crippen LogP contribution in [0, 0.1) is 6.92 Å². The van der Waals surface area contributed by atoms with Crippen LogP contribution in [0.15, 0.2) is 34.9 Å². The molecule has 3 aromatic rings. The molecule has 2 amide bonds. The van der Waals surface area contributed by atoms with E-state index in [2.05, 4.69) is 15.5 Å². The number of carbonyl (C=O) groups is 2. The summed E-state index contributed by atoms with van der Waals surface area (Å²) in [5.74, 6) is 0.968.